The minimum absolute atomic E-state index is 0.533. The molecule has 1 N–H and O–H groups in total. The van der Waals surface area contributed by atoms with Gasteiger partial charge in [0.1, 0.15) is 0 Å². The second-order valence-corrected chi connectivity index (χ2v) is 6.35. The van der Waals surface area contributed by atoms with Crippen LogP contribution in [0.2, 0.25) is 0 Å². The van der Waals surface area contributed by atoms with Gasteiger partial charge in [-0.1, -0.05) is 6.92 Å². The first kappa shape index (κ1) is 15.3. The summed E-state index contributed by atoms with van der Waals surface area (Å²) in [6, 6.07) is 0.671. The van der Waals surface area contributed by atoms with Gasteiger partial charge in [-0.2, -0.15) is 0 Å². The van der Waals surface area contributed by atoms with Gasteiger partial charge in [-0.15, -0.1) is 0 Å². The van der Waals surface area contributed by atoms with E-state index in [2.05, 4.69) is 24.1 Å². The largest absolute Gasteiger partial charge is 0.378 e. The molecule has 0 aromatic carbocycles. The van der Waals surface area contributed by atoms with Gasteiger partial charge < -0.3 is 15.0 Å². The molecule has 2 rings (SSSR count). The van der Waals surface area contributed by atoms with Crippen molar-refractivity contribution in [3.63, 3.8) is 0 Å². The highest BCUT2D eigenvalue weighted by molar-refractivity contribution is 4.80. The molecule has 2 fully saturated rings. The fourth-order valence-corrected chi connectivity index (χ4v) is 3.50. The van der Waals surface area contributed by atoms with Crippen LogP contribution in [0.1, 0.15) is 52.4 Å². The van der Waals surface area contributed by atoms with E-state index in [1.165, 1.54) is 58.2 Å². The molecule has 0 aliphatic carbocycles. The highest BCUT2D eigenvalue weighted by Gasteiger charge is 2.23. The predicted molar refractivity (Wildman–Crippen MR) is 80.5 cm³/mol. The molecule has 3 heteroatoms. The molecule has 2 saturated heterocycles. The molecule has 2 atom stereocenters. The van der Waals surface area contributed by atoms with Gasteiger partial charge in [0.25, 0.3) is 0 Å². The van der Waals surface area contributed by atoms with Crippen LogP contribution < -0.4 is 5.32 Å². The molecule has 2 heterocycles. The Hall–Kier alpha value is -0.120. The number of nitrogens with zero attached hydrogens (tertiary/aromatic N) is 1. The third kappa shape index (κ3) is 5.05. The molecular weight excluding hydrogens is 236 g/mol. The molecule has 2 aliphatic rings. The van der Waals surface area contributed by atoms with Crippen molar-refractivity contribution in [2.75, 3.05) is 32.8 Å². The van der Waals surface area contributed by atoms with E-state index in [-0.39, 0.29) is 0 Å². The lowest BCUT2D eigenvalue weighted by molar-refractivity contribution is 0.101. The molecular formula is C16H32N2O. The minimum Gasteiger partial charge on any atom is -0.378 e. The molecule has 0 saturated carbocycles. The van der Waals surface area contributed by atoms with Gasteiger partial charge in [0, 0.05) is 12.6 Å². The van der Waals surface area contributed by atoms with Crippen LogP contribution in [-0.4, -0.2) is 49.8 Å². The zero-order valence-electron chi connectivity index (χ0n) is 12.9. The van der Waals surface area contributed by atoms with Gasteiger partial charge in [-0.3, -0.25) is 0 Å². The van der Waals surface area contributed by atoms with Crippen molar-refractivity contribution in [1.29, 1.82) is 0 Å². The Bertz CT molecular complexity index is 233. The number of rotatable bonds is 7. The summed E-state index contributed by atoms with van der Waals surface area (Å²) in [7, 11) is 0. The third-order valence-corrected chi connectivity index (χ3v) is 4.84. The molecule has 2 aliphatic heterocycles. The number of nitrogens with one attached hydrogen (secondary N) is 1. The van der Waals surface area contributed by atoms with Gasteiger partial charge in [0.15, 0.2) is 0 Å². The van der Waals surface area contributed by atoms with Gasteiger partial charge in [0.2, 0.25) is 0 Å². The van der Waals surface area contributed by atoms with Gasteiger partial charge >= 0.3 is 0 Å². The Balaban J connectivity index is 1.57. The van der Waals surface area contributed by atoms with Crippen LogP contribution >= 0.6 is 0 Å². The van der Waals surface area contributed by atoms with Gasteiger partial charge in [-0.05, 0) is 77.5 Å². The van der Waals surface area contributed by atoms with Crippen molar-refractivity contribution < 1.29 is 4.74 Å². The van der Waals surface area contributed by atoms with Gasteiger partial charge in [-0.25, -0.2) is 0 Å². The number of hydrogen-bond donors (Lipinski definition) is 1. The highest BCUT2D eigenvalue weighted by Crippen LogP contribution is 2.21. The fourth-order valence-electron chi connectivity index (χ4n) is 3.50. The molecule has 2 unspecified atom stereocenters. The molecule has 0 radical (unpaired) electrons. The van der Waals surface area contributed by atoms with E-state index in [9.17, 15) is 0 Å². The standard InChI is InChI=1S/C16H32N2O/c1-3-10-18-11-7-15(8-12-18)14(2)17-9-6-16-5-4-13-19-16/h14-17H,3-13H2,1-2H3. The normalized spacial score (nSPS) is 27.8. The summed E-state index contributed by atoms with van der Waals surface area (Å²) >= 11 is 0. The van der Waals surface area contributed by atoms with Gasteiger partial charge in [0.05, 0.1) is 6.10 Å². The summed E-state index contributed by atoms with van der Waals surface area (Å²) in [4.78, 5) is 2.62. The first-order valence-corrected chi connectivity index (χ1v) is 8.37. The first-order chi connectivity index (χ1) is 9.29. The lowest BCUT2D eigenvalue weighted by atomic mass is 9.90. The van der Waals surface area contributed by atoms with E-state index >= 15 is 0 Å². The van der Waals surface area contributed by atoms with Crippen LogP contribution in [0.15, 0.2) is 0 Å². The molecule has 0 aromatic rings. The summed E-state index contributed by atoms with van der Waals surface area (Å²) in [6.07, 6.45) is 8.29. The summed E-state index contributed by atoms with van der Waals surface area (Å²) in [5, 5.41) is 3.73. The van der Waals surface area contributed by atoms with E-state index in [0.29, 0.717) is 12.1 Å². The average molecular weight is 268 g/mol. The minimum atomic E-state index is 0.533. The summed E-state index contributed by atoms with van der Waals surface area (Å²) in [5.41, 5.74) is 0. The molecule has 0 bridgehead atoms. The number of ether oxygens (including phenoxy) is 1. The second kappa shape index (κ2) is 8.23. The van der Waals surface area contributed by atoms with Crippen LogP contribution in [0.25, 0.3) is 0 Å². The Morgan fingerprint density at radius 2 is 2.05 bits per heavy atom. The van der Waals surface area contributed by atoms with Crippen molar-refractivity contribution >= 4 is 0 Å². The quantitative estimate of drug-likeness (QED) is 0.768. The molecule has 0 aromatic heterocycles. The second-order valence-electron chi connectivity index (χ2n) is 6.35. The summed E-state index contributed by atoms with van der Waals surface area (Å²) in [5.74, 6) is 0.873. The monoisotopic (exact) mass is 268 g/mol. The zero-order valence-corrected chi connectivity index (χ0v) is 12.9. The maximum Gasteiger partial charge on any atom is 0.0588 e. The Labute approximate surface area is 119 Å². The van der Waals surface area contributed by atoms with E-state index < -0.39 is 0 Å². The number of hydrogen-bond acceptors (Lipinski definition) is 3. The Morgan fingerprint density at radius 1 is 1.26 bits per heavy atom. The van der Waals surface area contributed by atoms with E-state index in [0.717, 1.165) is 19.1 Å². The SMILES string of the molecule is CCCN1CCC(C(C)NCCC2CCCO2)CC1. The molecule has 0 amide bonds. The molecule has 3 nitrogen and oxygen atoms in total. The van der Waals surface area contributed by atoms with E-state index in [1.807, 2.05) is 0 Å². The maximum atomic E-state index is 5.67. The maximum absolute atomic E-state index is 5.67. The summed E-state index contributed by atoms with van der Waals surface area (Å²) < 4.78 is 5.67. The molecule has 0 spiro atoms. The molecule has 19 heavy (non-hydrogen) atoms. The smallest absolute Gasteiger partial charge is 0.0588 e. The highest BCUT2D eigenvalue weighted by atomic mass is 16.5. The predicted octanol–water partition coefficient (Wildman–Crippen LogP) is 2.66. The van der Waals surface area contributed by atoms with Crippen LogP contribution in [0.3, 0.4) is 0 Å². The number of piperidine rings is 1. The molecule has 112 valence electrons. The third-order valence-electron chi connectivity index (χ3n) is 4.84. The van der Waals surface area contributed by atoms with Crippen molar-refractivity contribution in [2.45, 2.75) is 64.5 Å². The number of likely N-dealkylation sites (tertiary alicyclic amines) is 1. The zero-order chi connectivity index (χ0) is 13.5. The van der Waals surface area contributed by atoms with Crippen LogP contribution in [0, 0.1) is 5.92 Å². The van der Waals surface area contributed by atoms with Crippen molar-refractivity contribution in [3.05, 3.63) is 0 Å². The van der Waals surface area contributed by atoms with Crippen LogP contribution in [-0.2, 0) is 4.74 Å². The van der Waals surface area contributed by atoms with Crippen molar-refractivity contribution in [2.24, 2.45) is 5.92 Å². The van der Waals surface area contributed by atoms with Crippen molar-refractivity contribution in [3.8, 4) is 0 Å². The lowest BCUT2D eigenvalue weighted by Crippen LogP contribution is -2.42. The van der Waals surface area contributed by atoms with E-state index in [1.54, 1.807) is 0 Å². The summed E-state index contributed by atoms with van der Waals surface area (Å²) in [6.45, 7) is 10.6. The fraction of sp³-hybridized carbons (Fsp3) is 1.00. The van der Waals surface area contributed by atoms with Crippen LogP contribution in [0.5, 0.6) is 0 Å². The average Bonchev–Trinajstić information content (AvgIpc) is 2.93. The lowest BCUT2D eigenvalue weighted by Gasteiger charge is -2.35. The topological polar surface area (TPSA) is 24.5 Å². The Kier molecular flexibility index (Phi) is 6.62. The Morgan fingerprint density at radius 3 is 2.68 bits per heavy atom. The first-order valence-electron chi connectivity index (χ1n) is 8.37. The van der Waals surface area contributed by atoms with Crippen molar-refractivity contribution in [1.82, 2.24) is 10.2 Å². The van der Waals surface area contributed by atoms with E-state index in [4.69, 9.17) is 4.74 Å². The van der Waals surface area contributed by atoms with Crippen LogP contribution in [0.4, 0.5) is 0 Å².